The van der Waals surface area contributed by atoms with Crippen molar-refractivity contribution in [2.75, 3.05) is 11.3 Å². The number of amides is 1. The van der Waals surface area contributed by atoms with Gasteiger partial charge in [0.2, 0.25) is 10.0 Å². The van der Waals surface area contributed by atoms with Gasteiger partial charge in [-0.1, -0.05) is 18.5 Å². The molecule has 0 aromatic carbocycles. The van der Waals surface area contributed by atoms with Gasteiger partial charge in [-0.3, -0.25) is 14.5 Å². The zero-order chi connectivity index (χ0) is 25.4. The Bertz CT molecular complexity index is 1530. The van der Waals surface area contributed by atoms with Crippen LogP contribution in [0.5, 0.6) is 0 Å². The van der Waals surface area contributed by atoms with Gasteiger partial charge in [0, 0.05) is 41.7 Å². The lowest BCUT2D eigenvalue weighted by molar-refractivity contribution is 0.0906. The molecule has 13 heteroatoms. The number of aliphatic hydroxyl groups is 1. The molecule has 1 fully saturated rings. The summed E-state index contributed by atoms with van der Waals surface area (Å²) in [5.74, 6) is -0.824. The maximum Gasteiger partial charge on any atom is 0.280 e. The number of hydrogen-bond donors (Lipinski definition) is 3. The third-order valence-electron chi connectivity index (χ3n) is 5.92. The summed E-state index contributed by atoms with van der Waals surface area (Å²) in [4.78, 5) is 22.5. The Labute approximate surface area is 216 Å². The molecule has 188 valence electrons. The fourth-order valence-electron chi connectivity index (χ4n) is 3.77. The zero-order valence-electron chi connectivity index (χ0n) is 19.1. The predicted molar refractivity (Wildman–Crippen MR) is 138 cm³/mol. The van der Waals surface area contributed by atoms with Gasteiger partial charge in [-0.15, -0.1) is 11.3 Å². The molecule has 0 radical (unpaired) electrons. The predicted octanol–water partition coefficient (Wildman–Crippen LogP) is 3.51. The molecule has 4 heterocycles. The molecule has 4 aromatic heterocycles. The molecule has 1 aliphatic rings. The average molecular weight is 547 g/mol. The number of carbonyl (C=O) groups excluding carboxylic acids is 1. The lowest BCUT2D eigenvalue weighted by atomic mass is 9.99. The van der Waals surface area contributed by atoms with Crippen LogP contribution in [0.1, 0.15) is 41.3 Å². The molecule has 36 heavy (non-hydrogen) atoms. The van der Waals surface area contributed by atoms with Crippen LogP contribution in [0.15, 0.2) is 49.1 Å². The van der Waals surface area contributed by atoms with Crippen LogP contribution in [-0.2, 0) is 10.0 Å². The molecule has 1 saturated carbocycles. The number of thiazole rings is 1. The third-order valence-corrected chi connectivity index (χ3v) is 9.05. The van der Waals surface area contributed by atoms with Crippen LogP contribution in [0.25, 0.3) is 16.0 Å². The van der Waals surface area contributed by atoms with Crippen molar-refractivity contribution < 1.29 is 18.3 Å². The van der Waals surface area contributed by atoms with E-state index >= 15 is 0 Å². The van der Waals surface area contributed by atoms with Crippen LogP contribution in [-0.4, -0.2) is 50.9 Å². The van der Waals surface area contributed by atoms with Gasteiger partial charge < -0.3 is 10.4 Å². The number of aliphatic hydroxyl groups excluding tert-OH is 1. The molecule has 0 spiro atoms. The average Bonchev–Trinajstić information content (AvgIpc) is 3.48. The van der Waals surface area contributed by atoms with E-state index in [9.17, 15) is 18.3 Å². The minimum atomic E-state index is -3.45. The second-order valence-corrected chi connectivity index (χ2v) is 12.1. The van der Waals surface area contributed by atoms with E-state index in [4.69, 9.17) is 11.6 Å². The number of fused-ring (bicyclic) bond motifs is 1. The number of anilines is 1. The van der Waals surface area contributed by atoms with Gasteiger partial charge in [0.1, 0.15) is 0 Å². The Hall–Kier alpha value is -3.06. The molecule has 5 rings (SSSR count). The largest absolute Gasteiger partial charge is 0.396 e. The second kappa shape index (κ2) is 9.77. The first kappa shape index (κ1) is 24.6. The summed E-state index contributed by atoms with van der Waals surface area (Å²) in [7, 11) is -3.45. The van der Waals surface area contributed by atoms with Crippen LogP contribution < -0.4 is 10.0 Å². The molecule has 0 unspecified atom stereocenters. The van der Waals surface area contributed by atoms with Crippen LogP contribution in [0.4, 0.5) is 5.69 Å². The van der Waals surface area contributed by atoms with E-state index in [2.05, 4.69) is 25.1 Å². The highest BCUT2D eigenvalue weighted by Crippen LogP contribution is 2.32. The van der Waals surface area contributed by atoms with Crippen molar-refractivity contribution >= 4 is 50.1 Å². The maximum absolute atomic E-state index is 13.1. The Morgan fingerprint density at radius 1 is 1.28 bits per heavy atom. The lowest BCUT2D eigenvalue weighted by Gasteiger charge is -2.23. The topological polar surface area (TPSA) is 139 Å². The van der Waals surface area contributed by atoms with Gasteiger partial charge in [0.25, 0.3) is 5.91 Å². The van der Waals surface area contributed by atoms with Crippen molar-refractivity contribution in [1.82, 2.24) is 24.9 Å². The van der Waals surface area contributed by atoms with Crippen molar-refractivity contribution in [2.45, 2.75) is 31.1 Å². The molecule has 0 aliphatic heterocycles. The Morgan fingerprint density at radius 3 is 2.83 bits per heavy atom. The standard InChI is InChI=1S/C23H23ClN6O4S2/c1-13(12-31)21(18-9-15(4-6-25-18)29-36(33,34)16-2-3-16)28-22(32)23-26-11-20(35-23)17-10-27-30-7-5-14(24)8-19(17)30/h4-11,13,16,21,31H,2-3,12H2,1H3,(H,25,29)(H,28,32)/t13-,21+/m0/s1. The maximum atomic E-state index is 13.1. The summed E-state index contributed by atoms with van der Waals surface area (Å²) in [6, 6.07) is 5.99. The smallest absolute Gasteiger partial charge is 0.280 e. The van der Waals surface area contributed by atoms with Gasteiger partial charge >= 0.3 is 0 Å². The molecule has 4 aromatic rings. The van der Waals surface area contributed by atoms with Crippen molar-refractivity contribution in [3.05, 3.63) is 64.8 Å². The van der Waals surface area contributed by atoms with Gasteiger partial charge in [-0.25, -0.2) is 17.9 Å². The molecule has 10 nitrogen and oxygen atoms in total. The monoisotopic (exact) mass is 546 g/mol. The number of hydrogen-bond acceptors (Lipinski definition) is 8. The van der Waals surface area contributed by atoms with Crippen molar-refractivity contribution in [1.29, 1.82) is 0 Å². The van der Waals surface area contributed by atoms with Crippen molar-refractivity contribution in [3.8, 4) is 10.4 Å². The molecule has 0 bridgehead atoms. The minimum Gasteiger partial charge on any atom is -0.396 e. The number of halogens is 1. The zero-order valence-corrected chi connectivity index (χ0v) is 21.5. The summed E-state index contributed by atoms with van der Waals surface area (Å²) >= 11 is 7.34. The number of rotatable bonds is 9. The molecule has 0 saturated heterocycles. The lowest BCUT2D eigenvalue weighted by Crippen LogP contribution is -2.34. The van der Waals surface area contributed by atoms with Gasteiger partial charge in [-0.05, 0) is 37.1 Å². The molecule has 3 N–H and O–H groups in total. The van der Waals surface area contributed by atoms with Gasteiger partial charge in [0.15, 0.2) is 5.01 Å². The fourth-order valence-corrected chi connectivity index (χ4v) is 6.15. The van der Waals surface area contributed by atoms with E-state index in [1.807, 2.05) is 0 Å². The van der Waals surface area contributed by atoms with Crippen molar-refractivity contribution in [3.63, 3.8) is 0 Å². The third kappa shape index (κ3) is 5.07. The van der Waals surface area contributed by atoms with Crippen LogP contribution in [0, 0.1) is 5.92 Å². The SMILES string of the molecule is C[C@@H](CO)[C@@H](NC(=O)c1ncc(-c2cnn3ccc(Cl)cc23)s1)c1cc(NS(=O)(=O)C2CC2)ccn1. The molecular formula is C23H23ClN6O4S2. The van der Waals surface area contributed by atoms with E-state index < -0.39 is 27.9 Å². The molecular weight excluding hydrogens is 524 g/mol. The fraction of sp³-hybridized carbons (Fsp3) is 0.304. The van der Waals surface area contributed by atoms with Crippen LogP contribution in [0.2, 0.25) is 5.02 Å². The number of nitrogens with zero attached hydrogens (tertiary/aromatic N) is 4. The van der Waals surface area contributed by atoms with E-state index in [0.29, 0.717) is 29.2 Å². The Balaban J connectivity index is 1.38. The summed E-state index contributed by atoms with van der Waals surface area (Å²) < 4.78 is 28.9. The second-order valence-electron chi connectivity index (χ2n) is 8.69. The summed E-state index contributed by atoms with van der Waals surface area (Å²) in [5, 5.41) is 17.5. The van der Waals surface area contributed by atoms with Gasteiger partial charge in [-0.2, -0.15) is 5.10 Å². The number of nitrogens with one attached hydrogen (secondary N) is 2. The first-order chi connectivity index (χ1) is 17.2. The van der Waals surface area contributed by atoms with E-state index in [1.165, 1.54) is 17.5 Å². The first-order valence-electron chi connectivity index (χ1n) is 11.2. The van der Waals surface area contributed by atoms with E-state index in [0.717, 1.165) is 16.0 Å². The van der Waals surface area contributed by atoms with Crippen LogP contribution >= 0.6 is 22.9 Å². The van der Waals surface area contributed by atoms with Crippen LogP contribution in [0.3, 0.4) is 0 Å². The Kier molecular flexibility index (Phi) is 6.68. The molecule has 2 atom stereocenters. The number of carbonyl (C=O) groups is 1. The summed E-state index contributed by atoms with van der Waals surface area (Å²) in [5.41, 5.74) is 2.38. The first-order valence-corrected chi connectivity index (χ1v) is 14.0. The van der Waals surface area contributed by atoms with Gasteiger partial charge in [0.05, 0.1) is 39.3 Å². The van der Waals surface area contributed by atoms with Crippen molar-refractivity contribution in [2.24, 2.45) is 5.92 Å². The quantitative estimate of drug-likeness (QED) is 0.292. The summed E-state index contributed by atoms with van der Waals surface area (Å²) in [6.07, 6.45) is 7.81. The van der Waals surface area contributed by atoms with E-state index in [1.54, 1.807) is 54.3 Å². The normalized spacial score (nSPS) is 15.5. The number of pyridine rings is 2. The highest BCUT2D eigenvalue weighted by atomic mass is 35.5. The number of aromatic nitrogens is 4. The molecule has 1 amide bonds. The highest BCUT2D eigenvalue weighted by molar-refractivity contribution is 7.93. The highest BCUT2D eigenvalue weighted by Gasteiger charge is 2.36. The molecule has 1 aliphatic carbocycles. The minimum absolute atomic E-state index is 0.211. The summed E-state index contributed by atoms with van der Waals surface area (Å²) in [6.45, 7) is 1.56. The Morgan fingerprint density at radius 2 is 2.08 bits per heavy atom. The van der Waals surface area contributed by atoms with E-state index in [-0.39, 0.29) is 16.9 Å². The number of sulfonamides is 1.